The van der Waals surface area contributed by atoms with Gasteiger partial charge in [0.25, 0.3) is 5.79 Å². The monoisotopic (exact) mass is 679 g/mol. The molecule has 0 bridgehead atoms. The number of ether oxygens (including phenoxy) is 4. The first kappa shape index (κ1) is 43.6. The molecule has 1 aliphatic rings. The third-order valence-electron chi connectivity index (χ3n) is 8.61. The standard InChI is InChI=1S/C34H65NO12/c1-4-6-8-10-12-14-16-18-20-44-23-26(45-21-19-17-15-13-11-9-7-5-2)24-46-34(33(42)43)32(41)30(40)28(35-25(3)37)31(47-34)29(39)27(38)22-36/h26-32,36,38-41H,4-24H2,1-3H3,(H,35,37)(H,42,43)/t26-,27-,28-,29-,30-,31-,32+,34+/m1/s1. The molecule has 0 saturated carbocycles. The van der Waals surface area contributed by atoms with Crippen molar-refractivity contribution in [2.75, 3.05) is 33.0 Å². The van der Waals surface area contributed by atoms with Crippen LogP contribution < -0.4 is 5.32 Å². The van der Waals surface area contributed by atoms with Crippen LogP contribution in [0, 0.1) is 0 Å². The highest BCUT2D eigenvalue weighted by Crippen LogP contribution is 2.34. The summed E-state index contributed by atoms with van der Waals surface area (Å²) >= 11 is 0. The summed E-state index contributed by atoms with van der Waals surface area (Å²) in [6.07, 6.45) is 7.61. The number of aliphatic hydroxyl groups excluding tert-OH is 5. The van der Waals surface area contributed by atoms with E-state index in [1.807, 2.05) is 0 Å². The van der Waals surface area contributed by atoms with Gasteiger partial charge >= 0.3 is 5.97 Å². The second-order valence-corrected chi connectivity index (χ2v) is 12.8. The first-order valence-electron chi connectivity index (χ1n) is 17.9. The lowest BCUT2D eigenvalue weighted by Gasteiger charge is -2.49. The van der Waals surface area contributed by atoms with Crippen molar-refractivity contribution in [2.24, 2.45) is 0 Å². The topological polar surface area (TPSA) is 204 Å². The van der Waals surface area contributed by atoms with Crippen molar-refractivity contribution < 1.29 is 59.2 Å². The Kier molecular flexibility index (Phi) is 23.7. The van der Waals surface area contributed by atoms with Gasteiger partial charge in [0.1, 0.15) is 36.6 Å². The molecule has 0 spiro atoms. The Bertz CT molecular complexity index is 820. The molecule has 13 heteroatoms. The van der Waals surface area contributed by atoms with E-state index in [1.165, 1.54) is 57.8 Å². The van der Waals surface area contributed by atoms with E-state index in [-0.39, 0.29) is 6.61 Å². The third-order valence-corrected chi connectivity index (χ3v) is 8.61. The Balaban J connectivity index is 2.90. The van der Waals surface area contributed by atoms with E-state index in [4.69, 9.17) is 18.9 Å². The van der Waals surface area contributed by atoms with Crippen LogP contribution in [0.2, 0.25) is 0 Å². The first-order chi connectivity index (χ1) is 22.5. The van der Waals surface area contributed by atoms with Gasteiger partial charge in [0.05, 0.1) is 25.9 Å². The predicted octanol–water partition coefficient (Wildman–Crippen LogP) is 2.81. The number of carbonyl (C=O) groups is 2. The van der Waals surface area contributed by atoms with Crippen molar-refractivity contribution in [1.82, 2.24) is 5.32 Å². The summed E-state index contributed by atoms with van der Waals surface area (Å²) in [6, 6.07) is -1.53. The van der Waals surface area contributed by atoms with Crippen LogP contribution in [0.25, 0.3) is 0 Å². The molecule has 0 radical (unpaired) electrons. The molecule has 1 amide bonds. The van der Waals surface area contributed by atoms with E-state index in [2.05, 4.69) is 19.2 Å². The summed E-state index contributed by atoms with van der Waals surface area (Å²) in [4.78, 5) is 24.4. The fourth-order valence-electron chi connectivity index (χ4n) is 5.73. The summed E-state index contributed by atoms with van der Waals surface area (Å²) in [5, 5.41) is 64.5. The maximum absolute atomic E-state index is 12.6. The molecule has 7 N–H and O–H groups in total. The second-order valence-electron chi connectivity index (χ2n) is 12.8. The molecular formula is C34H65NO12. The van der Waals surface area contributed by atoms with Crippen molar-refractivity contribution in [1.29, 1.82) is 0 Å². The average molecular weight is 680 g/mol. The van der Waals surface area contributed by atoms with Gasteiger partial charge in [-0.25, -0.2) is 4.79 Å². The number of hydrogen-bond donors (Lipinski definition) is 7. The molecule has 278 valence electrons. The minimum absolute atomic E-state index is 0.0890. The van der Waals surface area contributed by atoms with Crippen LogP contribution in [0.4, 0.5) is 0 Å². The number of carboxylic acids is 1. The Hall–Kier alpha value is -1.42. The van der Waals surface area contributed by atoms with Crippen LogP contribution in [-0.2, 0) is 28.5 Å². The lowest BCUT2D eigenvalue weighted by atomic mass is 9.86. The smallest absolute Gasteiger partial charge is 0.367 e. The van der Waals surface area contributed by atoms with Gasteiger partial charge in [0.2, 0.25) is 5.91 Å². The zero-order chi connectivity index (χ0) is 35.1. The molecule has 0 aromatic heterocycles. The molecule has 0 aliphatic carbocycles. The molecule has 0 aromatic rings. The quantitative estimate of drug-likeness (QED) is 0.0571. The molecule has 1 rings (SSSR count). The van der Waals surface area contributed by atoms with Gasteiger partial charge in [-0.05, 0) is 12.8 Å². The van der Waals surface area contributed by atoms with E-state index >= 15 is 0 Å². The predicted molar refractivity (Wildman–Crippen MR) is 176 cm³/mol. The summed E-state index contributed by atoms with van der Waals surface area (Å²) in [5.74, 6) is -5.37. The lowest BCUT2D eigenvalue weighted by Crippen LogP contribution is -2.74. The molecule has 1 fully saturated rings. The van der Waals surface area contributed by atoms with Crippen molar-refractivity contribution in [3.8, 4) is 0 Å². The Labute approximate surface area is 281 Å². The fraction of sp³-hybridized carbons (Fsp3) is 0.941. The van der Waals surface area contributed by atoms with E-state index < -0.39 is 73.5 Å². The van der Waals surface area contributed by atoms with Crippen molar-refractivity contribution in [2.45, 2.75) is 172 Å². The van der Waals surface area contributed by atoms with E-state index in [0.29, 0.717) is 13.2 Å². The second kappa shape index (κ2) is 25.5. The van der Waals surface area contributed by atoms with Crippen molar-refractivity contribution >= 4 is 11.9 Å². The number of amides is 1. The van der Waals surface area contributed by atoms with Gasteiger partial charge in [-0.15, -0.1) is 0 Å². The van der Waals surface area contributed by atoms with Gasteiger partial charge in [0, 0.05) is 20.1 Å². The fourth-order valence-corrected chi connectivity index (χ4v) is 5.73. The van der Waals surface area contributed by atoms with Gasteiger partial charge in [-0.1, -0.05) is 104 Å². The van der Waals surface area contributed by atoms with E-state index in [1.54, 1.807) is 0 Å². The summed E-state index contributed by atoms with van der Waals surface area (Å²) in [7, 11) is 0. The number of unbranched alkanes of at least 4 members (excludes halogenated alkanes) is 14. The highest BCUT2D eigenvalue weighted by atomic mass is 16.7. The largest absolute Gasteiger partial charge is 0.477 e. The minimum Gasteiger partial charge on any atom is -0.477 e. The van der Waals surface area contributed by atoms with E-state index in [9.17, 15) is 40.2 Å². The van der Waals surface area contributed by atoms with Crippen LogP contribution in [0.15, 0.2) is 0 Å². The number of nitrogens with one attached hydrogen (secondary N) is 1. The third kappa shape index (κ3) is 16.2. The zero-order valence-corrected chi connectivity index (χ0v) is 29.0. The highest BCUT2D eigenvalue weighted by Gasteiger charge is 2.62. The maximum Gasteiger partial charge on any atom is 0.367 e. The number of hydrogen-bond acceptors (Lipinski definition) is 11. The molecule has 0 unspecified atom stereocenters. The van der Waals surface area contributed by atoms with Gasteiger partial charge < -0.3 is 54.9 Å². The number of carbonyl (C=O) groups excluding carboxylic acids is 1. The van der Waals surface area contributed by atoms with Crippen molar-refractivity contribution in [3.05, 3.63) is 0 Å². The van der Waals surface area contributed by atoms with Gasteiger partial charge in [0.15, 0.2) is 0 Å². The zero-order valence-electron chi connectivity index (χ0n) is 29.0. The molecule has 1 aliphatic heterocycles. The number of aliphatic carboxylic acids is 1. The number of rotatable bonds is 29. The van der Waals surface area contributed by atoms with Crippen LogP contribution >= 0.6 is 0 Å². The van der Waals surface area contributed by atoms with Gasteiger partial charge in [-0.2, -0.15) is 0 Å². The molecule has 0 aromatic carbocycles. The van der Waals surface area contributed by atoms with E-state index in [0.717, 1.165) is 51.9 Å². The molecule has 47 heavy (non-hydrogen) atoms. The molecule has 8 atom stereocenters. The summed E-state index contributed by atoms with van der Waals surface area (Å²) in [6.45, 7) is 5.13. The molecule has 1 heterocycles. The Morgan fingerprint density at radius 3 is 1.81 bits per heavy atom. The minimum atomic E-state index is -2.90. The van der Waals surface area contributed by atoms with Crippen LogP contribution in [-0.4, -0.2) is 124 Å². The SMILES string of the molecule is CCCCCCCCCCOC[C@H](CO[C@]1(C(=O)O)O[C@@H]([C@H](O)[C@H](O)CO)[C@H](NC(C)=O)[C@@H](O)[C@@H]1O)OCCCCCCCCCC. The number of carboxylic acid groups (broad SMARTS) is 1. The summed E-state index contributed by atoms with van der Waals surface area (Å²) < 4.78 is 23.2. The lowest BCUT2D eigenvalue weighted by molar-refractivity contribution is -0.351. The maximum atomic E-state index is 12.6. The molecular weight excluding hydrogens is 614 g/mol. The Morgan fingerprint density at radius 2 is 1.32 bits per heavy atom. The highest BCUT2D eigenvalue weighted by molar-refractivity contribution is 5.77. The van der Waals surface area contributed by atoms with Crippen LogP contribution in [0.1, 0.15) is 124 Å². The normalized spacial score (nSPS) is 24.9. The Morgan fingerprint density at radius 1 is 0.809 bits per heavy atom. The van der Waals surface area contributed by atoms with Crippen molar-refractivity contribution in [3.63, 3.8) is 0 Å². The first-order valence-corrected chi connectivity index (χ1v) is 17.9. The average Bonchev–Trinajstić information content (AvgIpc) is 3.05. The molecule has 13 nitrogen and oxygen atoms in total. The summed E-state index contributed by atoms with van der Waals surface area (Å²) in [5.41, 5.74) is 0. The van der Waals surface area contributed by atoms with Crippen LogP contribution in [0.3, 0.4) is 0 Å². The van der Waals surface area contributed by atoms with Gasteiger partial charge in [-0.3, -0.25) is 4.79 Å². The van der Waals surface area contributed by atoms with Crippen LogP contribution in [0.5, 0.6) is 0 Å². The number of aliphatic hydroxyl groups is 5. The molecule has 1 saturated heterocycles.